The lowest BCUT2D eigenvalue weighted by Gasteiger charge is -2.40. The second-order valence-electron chi connectivity index (χ2n) is 16.9. The molecule has 1 fully saturated rings. The summed E-state index contributed by atoms with van der Waals surface area (Å²) in [5, 5.41) is 6.00. The van der Waals surface area contributed by atoms with Crippen molar-refractivity contribution in [1.82, 2.24) is 15.5 Å². The number of hydrogen-bond donors (Lipinski definition) is 2. The molecule has 1 aliphatic heterocycles. The fraction of sp³-hybridized carbons (Fsp3) is 0.857. The van der Waals surface area contributed by atoms with Gasteiger partial charge in [-0.3, -0.25) is 9.59 Å². The first-order valence-electron chi connectivity index (χ1n) is 24.4. The van der Waals surface area contributed by atoms with Crippen LogP contribution < -0.4 is 10.6 Å². The zero-order valence-electron chi connectivity index (χ0n) is 38.6. The van der Waals surface area contributed by atoms with Gasteiger partial charge in [0.15, 0.2) is 6.29 Å². The van der Waals surface area contributed by atoms with Crippen molar-refractivity contribution in [1.29, 1.82) is 0 Å². The van der Waals surface area contributed by atoms with E-state index in [-0.39, 0.29) is 37.6 Å². The van der Waals surface area contributed by atoms with E-state index in [9.17, 15) is 14.4 Å². The van der Waals surface area contributed by atoms with Gasteiger partial charge in [-0.1, -0.05) is 141 Å². The monoisotopic (exact) mass is 834 g/mol. The molecular weight excluding hydrogens is 743 g/mol. The van der Waals surface area contributed by atoms with Gasteiger partial charge >= 0.3 is 18.0 Å². The molecule has 0 aromatic heterocycles. The van der Waals surface area contributed by atoms with Gasteiger partial charge in [0.05, 0.1) is 6.42 Å². The van der Waals surface area contributed by atoms with Crippen LogP contribution in [0.4, 0.5) is 4.79 Å². The van der Waals surface area contributed by atoms with Crippen molar-refractivity contribution in [3.8, 4) is 0 Å². The Hall–Kier alpha value is -2.43. The Kier molecular flexibility index (Phi) is 36.7. The number of allylic oxidation sites excluding steroid dienone is 4. The van der Waals surface area contributed by atoms with Crippen molar-refractivity contribution >= 4 is 18.0 Å². The quantitative estimate of drug-likeness (QED) is 0.0271. The van der Waals surface area contributed by atoms with E-state index < -0.39 is 11.7 Å². The average Bonchev–Trinajstić information content (AvgIpc) is 3.24. The number of likely N-dealkylation sites (N-methyl/N-ethyl adjacent to an activating group) is 1. The maximum absolute atomic E-state index is 13.2. The van der Waals surface area contributed by atoms with Gasteiger partial charge in [0.1, 0.15) is 13.2 Å². The predicted octanol–water partition coefficient (Wildman–Crippen LogP) is 11.8. The maximum Gasteiger partial charge on any atom is 0.317 e. The molecule has 2 amide bonds. The van der Waals surface area contributed by atoms with E-state index in [4.69, 9.17) is 18.9 Å². The molecule has 344 valence electrons. The van der Waals surface area contributed by atoms with Gasteiger partial charge in [0.2, 0.25) is 0 Å². The number of esters is 2. The highest BCUT2D eigenvalue weighted by atomic mass is 16.7. The summed E-state index contributed by atoms with van der Waals surface area (Å²) >= 11 is 0. The van der Waals surface area contributed by atoms with Crippen LogP contribution >= 0.6 is 0 Å². The van der Waals surface area contributed by atoms with Crippen LogP contribution in [0.25, 0.3) is 0 Å². The third-order valence-electron chi connectivity index (χ3n) is 11.4. The van der Waals surface area contributed by atoms with Crippen LogP contribution in [0.15, 0.2) is 24.3 Å². The van der Waals surface area contributed by atoms with Crippen molar-refractivity contribution in [3.63, 3.8) is 0 Å². The molecule has 1 saturated heterocycles. The van der Waals surface area contributed by atoms with Crippen LogP contribution in [0, 0.1) is 5.41 Å². The summed E-state index contributed by atoms with van der Waals surface area (Å²) in [7, 11) is 1.85. The van der Waals surface area contributed by atoms with Gasteiger partial charge in [-0.2, -0.15) is 0 Å². The van der Waals surface area contributed by atoms with Crippen molar-refractivity contribution < 1.29 is 33.3 Å². The summed E-state index contributed by atoms with van der Waals surface area (Å²) in [6.07, 6.45) is 37.6. The number of carbonyl (C=O) groups excluding carboxylic acids is 3. The fourth-order valence-corrected chi connectivity index (χ4v) is 7.26. The zero-order chi connectivity index (χ0) is 42.9. The average molecular weight is 834 g/mol. The Labute approximate surface area is 362 Å². The van der Waals surface area contributed by atoms with Crippen molar-refractivity contribution in [2.45, 2.75) is 207 Å². The van der Waals surface area contributed by atoms with E-state index in [0.717, 1.165) is 64.2 Å². The van der Waals surface area contributed by atoms with Gasteiger partial charge in [-0.05, 0) is 71.3 Å². The summed E-state index contributed by atoms with van der Waals surface area (Å²) in [5.41, 5.74) is -0.534. The highest BCUT2D eigenvalue weighted by molar-refractivity contribution is 5.74. The molecule has 10 nitrogen and oxygen atoms in total. The van der Waals surface area contributed by atoms with Gasteiger partial charge < -0.3 is 34.5 Å². The zero-order valence-corrected chi connectivity index (χ0v) is 38.6. The number of carbonyl (C=O) groups is 3. The Balaban J connectivity index is 2.59. The van der Waals surface area contributed by atoms with Gasteiger partial charge in [-0.15, -0.1) is 0 Å². The Bertz CT molecular complexity index is 1040. The normalized spacial score (nSPS) is 14.2. The molecule has 0 aliphatic carbocycles. The number of piperidine rings is 1. The van der Waals surface area contributed by atoms with E-state index in [1.807, 2.05) is 7.05 Å². The highest BCUT2D eigenvalue weighted by Gasteiger charge is 2.39. The maximum atomic E-state index is 13.2. The molecule has 59 heavy (non-hydrogen) atoms. The topological polar surface area (TPSA) is 115 Å². The molecule has 1 heterocycles. The number of nitrogens with one attached hydrogen (secondary N) is 2. The molecule has 0 unspecified atom stereocenters. The minimum Gasteiger partial charge on any atom is -0.465 e. The minimum absolute atomic E-state index is 0.0999. The number of likely N-dealkylation sites (tertiary alicyclic amines) is 1. The largest absolute Gasteiger partial charge is 0.465 e. The van der Waals surface area contributed by atoms with E-state index >= 15 is 0 Å². The van der Waals surface area contributed by atoms with Crippen LogP contribution in [-0.4, -0.2) is 88.8 Å². The van der Waals surface area contributed by atoms with E-state index in [0.29, 0.717) is 65.1 Å². The fourth-order valence-electron chi connectivity index (χ4n) is 7.26. The number of hydrogen-bond acceptors (Lipinski definition) is 8. The van der Waals surface area contributed by atoms with Crippen LogP contribution in [-0.2, 0) is 28.5 Å². The first-order valence-corrected chi connectivity index (χ1v) is 24.4. The number of urea groups is 1. The molecule has 1 rings (SSSR count). The van der Waals surface area contributed by atoms with E-state index in [1.165, 1.54) is 83.5 Å². The van der Waals surface area contributed by atoms with E-state index in [2.05, 4.69) is 55.7 Å². The van der Waals surface area contributed by atoms with Crippen molar-refractivity contribution in [2.24, 2.45) is 5.41 Å². The SMILES string of the molecule is CCCCC/C=C\C/C=C\CCCCCCCC(=O)OCC1(COC(=O)CCC(OCCCCCCCC)OCCCCCCCC)CCN(C(=O)NCCNC)CC1. The Morgan fingerprint density at radius 1 is 0.593 bits per heavy atom. The third kappa shape index (κ3) is 32.0. The lowest BCUT2D eigenvalue weighted by molar-refractivity contribution is -0.164. The van der Waals surface area contributed by atoms with Crippen LogP contribution in [0.5, 0.6) is 0 Å². The number of rotatable bonds is 40. The molecule has 1 aliphatic rings. The number of amides is 2. The molecule has 10 heteroatoms. The first kappa shape index (κ1) is 54.6. The van der Waals surface area contributed by atoms with Gasteiger partial charge in [-0.25, -0.2) is 4.79 Å². The summed E-state index contributed by atoms with van der Waals surface area (Å²) in [6, 6.07) is -0.0999. The van der Waals surface area contributed by atoms with Gasteiger partial charge in [0, 0.05) is 57.6 Å². The third-order valence-corrected chi connectivity index (χ3v) is 11.4. The van der Waals surface area contributed by atoms with Crippen molar-refractivity contribution in [2.75, 3.05) is 59.7 Å². The lowest BCUT2D eigenvalue weighted by atomic mass is 9.80. The molecular formula is C49H91N3O7. The Morgan fingerprint density at radius 2 is 1.07 bits per heavy atom. The molecule has 0 aromatic rings. The smallest absolute Gasteiger partial charge is 0.317 e. The molecule has 0 saturated carbocycles. The van der Waals surface area contributed by atoms with Crippen molar-refractivity contribution in [3.05, 3.63) is 24.3 Å². The van der Waals surface area contributed by atoms with Crippen LogP contribution in [0.1, 0.15) is 201 Å². The standard InChI is InChI=1S/C49H91N3O7/c1-5-8-11-14-17-18-19-20-21-22-23-24-25-26-29-32-45(53)58-43-49(35-39-52(40-36-49)48(55)51-38-37-50-4)44-59-46(54)33-34-47(56-41-30-27-15-12-9-6-2)57-42-31-28-16-13-10-7-3/h17-18,20-21,47,50H,5-16,19,22-44H2,1-4H3,(H,51,55)/b18-17-,21-20-. The van der Waals surface area contributed by atoms with Crippen LogP contribution in [0.3, 0.4) is 0 Å². The minimum atomic E-state index is -0.534. The number of nitrogens with zero attached hydrogens (tertiary/aromatic N) is 1. The summed E-state index contributed by atoms with van der Waals surface area (Å²) in [6.45, 7) is 10.5. The summed E-state index contributed by atoms with van der Waals surface area (Å²) < 4.78 is 24.1. The predicted molar refractivity (Wildman–Crippen MR) is 244 cm³/mol. The second-order valence-corrected chi connectivity index (χ2v) is 16.9. The number of ether oxygens (including phenoxy) is 4. The molecule has 0 aromatic carbocycles. The second kappa shape index (κ2) is 39.7. The molecule has 0 spiro atoms. The van der Waals surface area contributed by atoms with E-state index in [1.54, 1.807) is 4.90 Å². The lowest BCUT2D eigenvalue weighted by Crippen LogP contribution is -2.51. The van der Waals surface area contributed by atoms with Gasteiger partial charge in [0.25, 0.3) is 0 Å². The molecule has 0 bridgehead atoms. The Morgan fingerprint density at radius 3 is 1.63 bits per heavy atom. The number of unbranched alkanes of at least 4 members (excludes halogenated alkanes) is 18. The molecule has 0 atom stereocenters. The molecule has 0 radical (unpaired) electrons. The summed E-state index contributed by atoms with van der Waals surface area (Å²) in [4.78, 5) is 40.7. The highest BCUT2D eigenvalue weighted by Crippen LogP contribution is 2.33. The first-order chi connectivity index (χ1) is 28.9. The van der Waals surface area contributed by atoms with Crippen LogP contribution in [0.2, 0.25) is 0 Å². The molecule has 2 N–H and O–H groups in total. The summed E-state index contributed by atoms with van der Waals surface area (Å²) in [5.74, 6) is -0.508.